The summed E-state index contributed by atoms with van der Waals surface area (Å²) in [6.45, 7) is 7.04. The third-order valence-electron chi connectivity index (χ3n) is 4.15. The number of nitrogens with one attached hydrogen (secondary N) is 1. The summed E-state index contributed by atoms with van der Waals surface area (Å²) in [5, 5.41) is 4.49. The first kappa shape index (κ1) is 15.2. The number of hydrogen-bond acceptors (Lipinski definition) is 1. The molecule has 1 fully saturated rings. The average Bonchev–Trinajstić information content (AvgIpc) is 2.33. The summed E-state index contributed by atoms with van der Waals surface area (Å²) in [5.74, 6) is 0.705. The van der Waals surface area contributed by atoms with Crippen molar-refractivity contribution in [3.63, 3.8) is 0 Å². The lowest BCUT2D eigenvalue weighted by Crippen LogP contribution is -2.39. The molecule has 0 heterocycles. The average molecular weight is 345 g/mol. The molecule has 2 atom stereocenters. The Morgan fingerprint density at radius 1 is 1.21 bits per heavy atom. The number of rotatable bonds is 2. The standard InChI is InChI=1S/C16H23BrClN/c1-16(2,3)12-6-4-5-7-14(12)19-15-10-11(17)8-9-13(15)18/h8-10,12,14,19H,4-7H2,1-3H3. The van der Waals surface area contributed by atoms with Gasteiger partial charge in [0.05, 0.1) is 10.7 Å². The second kappa shape index (κ2) is 6.05. The Labute approximate surface area is 130 Å². The van der Waals surface area contributed by atoms with E-state index in [1.807, 2.05) is 12.1 Å². The predicted octanol–water partition coefficient (Wildman–Crippen LogP) is 6.12. The fourth-order valence-corrected chi connectivity index (χ4v) is 3.68. The quantitative estimate of drug-likeness (QED) is 0.681. The van der Waals surface area contributed by atoms with Gasteiger partial charge in [0.15, 0.2) is 0 Å². The minimum atomic E-state index is 0.344. The van der Waals surface area contributed by atoms with E-state index in [4.69, 9.17) is 11.6 Å². The van der Waals surface area contributed by atoms with Crippen LogP contribution in [0.5, 0.6) is 0 Å². The second-order valence-corrected chi connectivity index (χ2v) is 7.95. The Morgan fingerprint density at radius 2 is 1.89 bits per heavy atom. The van der Waals surface area contributed by atoms with Gasteiger partial charge in [-0.05, 0) is 42.4 Å². The van der Waals surface area contributed by atoms with Crippen LogP contribution in [-0.4, -0.2) is 6.04 Å². The Bertz CT molecular complexity index is 439. The molecule has 0 saturated heterocycles. The lowest BCUT2D eigenvalue weighted by Gasteiger charge is -2.41. The minimum Gasteiger partial charge on any atom is -0.381 e. The molecule has 1 aliphatic carbocycles. The van der Waals surface area contributed by atoms with E-state index in [2.05, 4.69) is 48.1 Å². The number of anilines is 1. The molecular weight excluding hydrogens is 322 g/mol. The van der Waals surface area contributed by atoms with Gasteiger partial charge in [-0.2, -0.15) is 0 Å². The zero-order valence-corrected chi connectivity index (χ0v) is 14.3. The highest BCUT2D eigenvalue weighted by Gasteiger charge is 2.34. The van der Waals surface area contributed by atoms with Crippen molar-refractivity contribution in [3.8, 4) is 0 Å². The lowest BCUT2D eigenvalue weighted by atomic mass is 9.69. The summed E-state index contributed by atoms with van der Waals surface area (Å²) in [6.07, 6.45) is 5.22. The fraction of sp³-hybridized carbons (Fsp3) is 0.625. The normalized spacial score (nSPS) is 24.3. The SMILES string of the molecule is CC(C)(C)C1CCCCC1Nc1cc(Br)ccc1Cl. The van der Waals surface area contributed by atoms with E-state index in [0.717, 1.165) is 15.2 Å². The van der Waals surface area contributed by atoms with Crippen LogP contribution < -0.4 is 5.32 Å². The van der Waals surface area contributed by atoms with Gasteiger partial charge in [-0.25, -0.2) is 0 Å². The molecule has 0 aromatic heterocycles. The van der Waals surface area contributed by atoms with Crippen molar-refractivity contribution in [2.75, 3.05) is 5.32 Å². The maximum atomic E-state index is 6.29. The van der Waals surface area contributed by atoms with E-state index in [1.165, 1.54) is 25.7 Å². The zero-order chi connectivity index (χ0) is 14.0. The van der Waals surface area contributed by atoms with Crippen LogP contribution in [0.4, 0.5) is 5.69 Å². The number of benzene rings is 1. The van der Waals surface area contributed by atoms with Crippen molar-refractivity contribution in [1.82, 2.24) is 0 Å². The van der Waals surface area contributed by atoms with Gasteiger partial charge in [0.2, 0.25) is 0 Å². The third kappa shape index (κ3) is 3.88. The zero-order valence-electron chi connectivity index (χ0n) is 12.0. The van der Waals surface area contributed by atoms with Gasteiger partial charge in [0.25, 0.3) is 0 Å². The Morgan fingerprint density at radius 3 is 2.58 bits per heavy atom. The third-order valence-corrected chi connectivity index (χ3v) is 4.97. The van der Waals surface area contributed by atoms with Gasteiger partial charge in [0.1, 0.15) is 0 Å². The first-order chi connectivity index (χ1) is 8.88. The molecule has 1 aromatic carbocycles. The van der Waals surface area contributed by atoms with E-state index in [1.54, 1.807) is 0 Å². The van der Waals surface area contributed by atoms with E-state index in [-0.39, 0.29) is 0 Å². The van der Waals surface area contributed by atoms with E-state index in [9.17, 15) is 0 Å². The monoisotopic (exact) mass is 343 g/mol. The Hall–Kier alpha value is -0.210. The first-order valence-corrected chi connectivity index (χ1v) is 8.26. The predicted molar refractivity (Wildman–Crippen MR) is 88.0 cm³/mol. The largest absolute Gasteiger partial charge is 0.381 e. The van der Waals surface area contributed by atoms with Crippen LogP contribution in [0, 0.1) is 11.3 Å². The van der Waals surface area contributed by atoms with Gasteiger partial charge in [0, 0.05) is 10.5 Å². The fourth-order valence-electron chi connectivity index (χ4n) is 3.15. The first-order valence-electron chi connectivity index (χ1n) is 7.09. The Kier molecular flexibility index (Phi) is 4.84. The molecule has 1 N–H and O–H groups in total. The number of hydrogen-bond donors (Lipinski definition) is 1. The molecule has 0 aliphatic heterocycles. The summed E-state index contributed by atoms with van der Waals surface area (Å²) in [6, 6.07) is 6.54. The molecule has 2 rings (SSSR count). The maximum Gasteiger partial charge on any atom is 0.0638 e. The van der Waals surface area contributed by atoms with Gasteiger partial charge in [-0.1, -0.05) is 61.1 Å². The smallest absolute Gasteiger partial charge is 0.0638 e. The minimum absolute atomic E-state index is 0.344. The molecule has 1 nitrogen and oxygen atoms in total. The highest BCUT2D eigenvalue weighted by Crippen LogP contribution is 2.40. The van der Waals surface area contributed by atoms with Gasteiger partial charge >= 0.3 is 0 Å². The van der Waals surface area contributed by atoms with Crippen molar-refractivity contribution >= 4 is 33.2 Å². The highest BCUT2D eigenvalue weighted by molar-refractivity contribution is 9.10. The number of halogens is 2. The molecular formula is C16H23BrClN. The molecule has 1 aromatic rings. The molecule has 19 heavy (non-hydrogen) atoms. The summed E-state index contributed by atoms with van der Waals surface area (Å²) in [7, 11) is 0. The topological polar surface area (TPSA) is 12.0 Å². The van der Waals surface area contributed by atoms with Crippen molar-refractivity contribution < 1.29 is 0 Å². The van der Waals surface area contributed by atoms with Gasteiger partial charge in [-0.3, -0.25) is 0 Å². The van der Waals surface area contributed by atoms with E-state index >= 15 is 0 Å². The summed E-state index contributed by atoms with van der Waals surface area (Å²) < 4.78 is 1.07. The summed E-state index contributed by atoms with van der Waals surface area (Å²) in [4.78, 5) is 0. The highest BCUT2D eigenvalue weighted by atomic mass is 79.9. The van der Waals surface area contributed by atoms with Crippen LogP contribution in [0.2, 0.25) is 5.02 Å². The van der Waals surface area contributed by atoms with Crippen LogP contribution in [0.15, 0.2) is 22.7 Å². The molecule has 0 spiro atoms. The van der Waals surface area contributed by atoms with Crippen LogP contribution in [-0.2, 0) is 0 Å². The van der Waals surface area contributed by atoms with Gasteiger partial charge in [-0.15, -0.1) is 0 Å². The molecule has 1 saturated carbocycles. The lowest BCUT2D eigenvalue weighted by molar-refractivity contribution is 0.163. The molecule has 3 heteroatoms. The Balaban J connectivity index is 2.17. The summed E-state index contributed by atoms with van der Waals surface area (Å²) in [5.41, 5.74) is 1.40. The van der Waals surface area contributed by atoms with Crippen LogP contribution in [0.25, 0.3) is 0 Å². The van der Waals surface area contributed by atoms with Crippen molar-refractivity contribution in [2.24, 2.45) is 11.3 Å². The van der Waals surface area contributed by atoms with Crippen LogP contribution in [0.3, 0.4) is 0 Å². The van der Waals surface area contributed by atoms with Crippen molar-refractivity contribution in [2.45, 2.75) is 52.5 Å². The van der Waals surface area contributed by atoms with E-state index in [0.29, 0.717) is 17.4 Å². The molecule has 1 aliphatic rings. The van der Waals surface area contributed by atoms with Crippen LogP contribution >= 0.6 is 27.5 Å². The van der Waals surface area contributed by atoms with Crippen molar-refractivity contribution in [1.29, 1.82) is 0 Å². The molecule has 0 amide bonds. The van der Waals surface area contributed by atoms with E-state index < -0.39 is 0 Å². The van der Waals surface area contributed by atoms with Gasteiger partial charge < -0.3 is 5.32 Å². The van der Waals surface area contributed by atoms with Crippen LogP contribution in [0.1, 0.15) is 46.5 Å². The molecule has 106 valence electrons. The maximum absolute atomic E-state index is 6.29. The molecule has 0 radical (unpaired) electrons. The molecule has 0 bridgehead atoms. The molecule has 2 unspecified atom stereocenters. The second-order valence-electron chi connectivity index (χ2n) is 6.63. The summed E-state index contributed by atoms with van der Waals surface area (Å²) >= 11 is 9.81. The van der Waals surface area contributed by atoms with Crippen molar-refractivity contribution in [3.05, 3.63) is 27.7 Å².